The number of rotatable bonds is 9. The fraction of sp³-hybridized carbons (Fsp3) is 0.222. The summed E-state index contributed by atoms with van der Waals surface area (Å²) in [5.74, 6) is -3.28. The number of urea groups is 1. The minimum atomic E-state index is -1.17. The minimum absolute atomic E-state index is 0.235. The van der Waals surface area contributed by atoms with Crippen molar-refractivity contribution in [3.63, 3.8) is 0 Å². The molecule has 3 aromatic rings. The number of halogens is 2. The van der Waals surface area contributed by atoms with E-state index < -0.39 is 29.1 Å². The summed E-state index contributed by atoms with van der Waals surface area (Å²) in [6.07, 6.45) is 2.87. The molecule has 0 atom stereocenters. The second-order valence-electron chi connectivity index (χ2n) is 7.98. The molecule has 0 aliphatic rings. The monoisotopic (exact) mass is 479 g/mol. The van der Waals surface area contributed by atoms with E-state index in [4.69, 9.17) is 4.84 Å². The molecule has 0 spiro atoms. The van der Waals surface area contributed by atoms with Gasteiger partial charge in [0.1, 0.15) is 23.8 Å². The third kappa shape index (κ3) is 7.46. The third-order valence-electron chi connectivity index (χ3n) is 5.19. The Labute approximate surface area is 203 Å². The molecule has 0 aliphatic heterocycles. The van der Waals surface area contributed by atoms with Gasteiger partial charge in [-0.15, -0.1) is 0 Å². The Kier molecular flexibility index (Phi) is 9.06. The van der Waals surface area contributed by atoms with Crippen LogP contribution in [0.15, 0.2) is 71.9 Å². The molecule has 0 aromatic heterocycles. The molecule has 0 radical (unpaired) electrons. The number of benzene rings is 3. The molecule has 6 nitrogen and oxygen atoms in total. The number of amides is 3. The number of hydrogen-bond donors (Lipinski definition) is 2. The summed E-state index contributed by atoms with van der Waals surface area (Å²) < 4.78 is 27.4. The SMILES string of the molecule is CCCCC(=NOCc1ccc(NC(=O)NC(=O)c2c(F)cccc2F)cc1)c1ccc(C)cc1. The van der Waals surface area contributed by atoms with Gasteiger partial charge in [0.15, 0.2) is 0 Å². The van der Waals surface area contributed by atoms with Crippen LogP contribution < -0.4 is 10.6 Å². The number of oxime groups is 1. The van der Waals surface area contributed by atoms with E-state index in [-0.39, 0.29) is 6.61 Å². The van der Waals surface area contributed by atoms with E-state index >= 15 is 0 Å². The Bertz CT molecular complexity index is 1170. The Balaban J connectivity index is 1.55. The highest BCUT2D eigenvalue weighted by molar-refractivity contribution is 6.08. The Hall–Kier alpha value is -4.07. The number of hydrogen-bond acceptors (Lipinski definition) is 4. The van der Waals surface area contributed by atoms with Crippen molar-refractivity contribution in [1.82, 2.24) is 5.32 Å². The van der Waals surface area contributed by atoms with Crippen LogP contribution in [0, 0.1) is 18.6 Å². The summed E-state index contributed by atoms with van der Waals surface area (Å²) in [4.78, 5) is 29.7. The second kappa shape index (κ2) is 12.4. The van der Waals surface area contributed by atoms with Gasteiger partial charge in [-0.25, -0.2) is 13.6 Å². The summed E-state index contributed by atoms with van der Waals surface area (Å²) in [7, 11) is 0. The normalized spacial score (nSPS) is 11.1. The maximum Gasteiger partial charge on any atom is 0.326 e. The average molecular weight is 480 g/mol. The maximum atomic E-state index is 13.7. The minimum Gasteiger partial charge on any atom is -0.391 e. The van der Waals surface area contributed by atoms with E-state index in [9.17, 15) is 18.4 Å². The van der Waals surface area contributed by atoms with Crippen molar-refractivity contribution in [2.45, 2.75) is 39.7 Å². The van der Waals surface area contributed by atoms with Crippen molar-refractivity contribution in [2.75, 3.05) is 5.32 Å². The molecule has 0 unspecified atom stereocenters. The van der Waals surface area contributed by atoms with E-state index in [0.717, 1.165) is 54.3 Å². The van der Waals surface area contributed by atoms with Crippen molar-refractivity contribution in [2.24, 2.45) is 5.16 Å². The smallest absolute Gasteiger partial charge is 0.326 e. The lowest BCUT2D eigenvalue weighted by molar-refractivity contribution is 0.0959. The second-order valence-corrected chi connectivity index (χ2v) is 7.98. The number of nitrogens with zero attached hydrogens (tertiary/aromatic N) is 1. The molecule has 0 saturated carbocycles. The molecular formula is C27H27F2N3O3. The molecule has 0 heterocycles. The standard InChI is InChI=1S/C27H27F2N3O3/c1-3-4-8-24(20-13-9-18(2)10-14-20)32-35-17-19-11-15-21(16-12-19)30-27(34)31-26(33)25-22(28)6-5-7-23(25)29/h5-7,9-16H,3-4,8,17H2,1-2H3,(H2,30,31,33,34). The van der Waals surface area contributed by atoms with Crippen LogP contribution in [-0.2, 0) is 11.4 Å². The van der Waals surface area contributed by atoms with E-state index in [2.05, 4.69) is 17.4 Å². The van der Waals surface area contributed by atoms with Gasteiger partial charge in [-0.05, 0) is 55.2 Å². The lowest BCUT2D eigenvalue weighted by Crippen LogP contribution is -2.35. The first kappa shape index (κ1) is 25.6. The number of unbranched alkanes of at least 4 members (excludes halogenated alkanes) is 1. The highest BCUT2D eigenvalue weighted by Crippen LogP contribution is 2.14. The molecule has 0 aliphatic carbocycles. The van der Waals surface area contributed by atoms with Gasteiger partial charge in [0, 0.05) is 5.69 Å². The molecule has 3 rings (SSSR count). The molecule has 0 fully saturated rings. The van der Waals surface area contributed by atoms with Crippen LogP contribution in [0.25, 0.3) is 0 Å². The van der Waals surface area contributed by atoms with Gasteiger partial charge < -0.3 is 10.2 Å². The first-order valence-corrected chi connectivity index (χ1v) is 11.3. The van der Waals surface area contributed by atoms with Gasteiger partial charge in [0.2, 0.25) is 0 Å². The fourth-order valence-corrected chi connectivity index (χ4v) is 3.24. The number of aryl methyl sites for hydroxylation is 1. The lowest BCUT2D eigenvalue weighted by Gasteiger charge is -2.09. The fourth-order valence-electron chi connectivity index (χ4n) is 3.24. The largest absolute Gasteiger partial charge is 0.391 e. The third-order valence-corrected chi connectivity index (χ3v) is 5.19. The zero-order chi connectivity index (χ0) is 25.2. The summed E-state index contributed by atoms with van der Waals surface area (Å²) in [5, 5.41) is 8.70. The Morgan fingerprint density at radius 1 is 0.943 bits per heavy atom. The molecule has 35 heavy (non-hydrogen) atoms. The van der Waals surface area contributed by atoms with Crippen LogP contribution in [0.3, 0.4) is 0 Å². The zero-order valence-corrected chi connectivity index (χ0v) is 19.6. The molecule has 0 saturated heterocycles. The predicted octanol–water partition coefficient (Wildman–Crippen LogP) is 6.35. The molecule has 182 valence electrons. The van der Waals surface area contributed by atoms with Crippen LogP contribution >= 0.6 is 0 Å². The number of carbonyl (C=O) groups is 2. The average Bonchev–Trinajstić information content (AvgIpc) is 2.83. The molecule has 3 amide bonds. The van der Waals surface area contributed by atoms with Crippen LogP contribution in [0.5, 0.6) is 0 Å². The van der Waals surface area contributed by atoms with Gasteiger partial charge in [-0.3, -0.25) is 10.1 Å². The first-order valence-electron chi connectivity index (χ1n) is 11.3. The van der Waals surface area contributed by atoms with Gasteiger partial charge in [0.05, 0.1) is 5.71 Å². The first-order chi connectivity index (χ1) is 16.9. The highest BCUT2D eigenvalue weighted by atomic mass is 19.1. The van der Waals surface area contributed by atoms with Crippen LogP contribution in [0.1, 0.15) is 53.2 Å². The van der Waals surface area contributed by atoms with E-state index in [1.54, 1.807) is 24.3 Å². The van der Waals surface area contributed by atoms with Crippen molar-refractivity contribution >= 4 is 23.3 Å². The number of imide groups is 1. The number of nitrogens with one attached hydrogen (secondary N) is 2. The van der Waals surface area contributed by atoms with E-state index in [0.29, 0.717) is 5.69 Å². The summed E-state index contributed by atoms with van der Waals surface area (Å²) in [5.41, 5.74) is 3.48. The summed E-state index contributed by atoms with van der Waals surface area (Å²) >= 11 is 0. The lowest BCUT2D eigenvalue weighted by atomic mass is 10.0. The predicted molar refractivity (Wildman–Crippen MR) is 131 cm³/mol. The molecule has 8 heteroatoms. The highest BCUT2D eigenvalue weighted by Gasteiger charge is 2.19. The van der Waals surface area contributed by atoms with Crippen molar-refractivity contribution in [3.05, 3.63) is 101 Å². The van der Waals surface area contributed by atoms with Crippen molar-refractivity contribution in [3.8, 4) is 0 Å². The van der Waals surface area contributed by atoms with Gasteiger partial charge in [-0.1, -0.05) is 66.5 Å². The van der Waals surface area contributed by atoms with Gasteiger partial charge in [0.25, 0.3) is 5.91 Å². The molecule has 3 aromatic carbocycles. The molecule has 2 N–H and O–H groups in total. The van der Waals surface area contributed by atoms with Gasteiger partial charge in [-0.2, -0.15) is 0 Å². The summed E-state index contributed by atoms with van der Waals surface area (Å²) in [6.45, 7) is 4.39. The van der Waals surface area contributed by atoms with Crippen molar-refractivity contribution in [1.29, 1.82) is 0 Å². The van der Waals surface area contributed by atoms with Crippen LogP contribution in [0.4, 0.5) is 19.3 Å². The number of carbonyl (C=O) groups excluding carboxylic acids is 2. The Morgan fingerprint density at radius 3 is 2.23 bits per heavy atom. The molecule has 0 bridgehead atoms. The van der Waals surface area contributed by atoms with Crippen molar-refractivity contribution < 1.29 is 23.2 Å². The van der Waals surface area contributed by atoms with Crippen LogP contribution in [0.2, 0.25) is 0 Å². The summed E-state index contributed by atoms with van der Waals surface area (Å²) in [6, 6.07) is 17.0. The quantitative estimate of drug-likeness (QED) is 0.277. The van der Waals surface area contributed by atoms with E-state index in [1.807, 2.05) is 36.5 Å². The topological polar surface area (TPSA) is 79.8 Å². The number of anilines is 1. The maximum absolute atomic E-state index is 13.7. The van der Waals surface area contributed by atoms with E-state index in [1.165, 1.54) is 5.56 Å². The van der Waals surface area contributed by atoms with Gasteiger partial charge >= 0.3 is 6.03 Å². The molecular weight excluding hydrogens is 452 g/mol. The zero-order valence-electron chi connectivity index (χ0n) is 19.6. The Morgan fingerprint density at radius 2 is 1.60 bits per heavy atom. The van der Waals surface area contributed by atoms with Crippen LogP contribution in [-0.4, -0.2) is 17.6 Å².